The van der Waals surface area contributed by atoms with Crippen LogP contribution < -0.4 is 5.14 Å². The molecule has 0 saturated carbocycles. The summed E-state index contributed by atoms with van der Waals surface area (Å²) in [5.74, 6) is -0.385. The van der Waals surface area contributed by atoms with Crippen LogP contribution in [0.5, 0.6) is 0 Å². The van der Waals surface area contributed by atoms with Crippen LogP contribution in [0.15, 0.2) is 52.3 Å². The molecule has 1 unspecified atom stereocenters. The predicted octanol–water partition coefficient (Wildman–Crippen LogP) is 1.75. The molecule has 11 heteroatoms. The van der Waals surface area contributed by atoms with Gasteiger partial charge in [0, 0.05) is 25.7 Å². The van der Waals surface area contributed by atoms with Gasteiger partial charge in [0.05, 0.1) is 29.0 Å². The molecule has 3 rings (SSSR count). The lowest BCUT2D eigenvalue weighted by molar-refractivity contribution is 0.0728. The molecule has 0 spiro atoms. The third-order valence-corrected chi connectivity index (χ3v) is 8.75. The second-order valence-electron chi connectivity index (χ2n) is 7.90. The van der Waals surface area contributed by atoms with Crippen molar-refractivity contribution >= 4 is 26.0 Å². The van der Waals surface area contributed by atoms with E-state index < -0.39 is 26.1 Å². The van der Waals surface area contributed by atoms with E-state index in [1.807, 2.05) is 6.92 Å². The summed E-state index contributed by atoms with van der Waals surface area (Å²) in [5.41, 5.74) is 1.45. The van der Waals surface area contributed by atoms with Gasteiger partial charge in [0.1, 0.15) is 0 Å². The number of amides is 1. The number of primary sulfonamides is 1. The first-order chi connectivity index (χ1) is 15.5. The van der Waals surface area contributed by atoms with Gasteiger partial charge in [0.2, 0.25) is 20.0 Å². The van der Waals surface area contributed by atoms with Crippen LogP contribution in [0.1, 0.15) is 41.4 Å². The third kappa shape index (κ3) is 5.44. The predicted molar refractivity (Wildman–Crippen MR) is 124 cm³/mol. The zero-order valence-corrected chi connectivity index (χ0v) is 20.5. The first-order valence-corrected chi connectivity index (χ1v) is 13.6. The van der Waals surface area contributed by atoms with Crippen molar-refractivity contribution in [1.29, 1.82) is 0 Å². The fourth-order valence-corrected chi connectivity index (χ4v) is 6.00. The number of carbonyl (C=O) groups is 1. The monoisotopic (exact) mass is 495 g/mol. The minimum absolute atomic E-state index is 0.0427. The molecule has 33 heavy (non-hydrogen) atoms. The Labute approximate surface area is 195 Å². The fourth-order valence-electron chi connectivity index (χ4n) is 3.70. The molecule has 0 aliphatic carbocycles. The lowest BCUT2D eigenvalue weighted by atomic mass is 10.0. The third-order valence-electron chi connectivity index (χ3n) is 5.85. The zero-order valence-electron chi connectivity index (χ0n) is 18.9. The summed E-state index contributed by atoms with van der Waals surface area (Å²) in [5, 5.41) is 5.22. The number of hydrogen-bond donors (Lipinski definition) is 1. The van der Waals surface area contributed by atoms with Gasteiger partial charge in [-0.3, -0.25) is 4.79 Å². The van der Waals surface area contributed by atoms with Crippen LogP contribution in [0.4, 0.5) is 0 Å². The van der Waals surface area contributed by atoms with Crippen molar-refractivity contribution in [2.45, 2.75) is 36.1 Å². The summed E-state index contributed by atoms with van der Waals surface area (Å²) in [6, 6.07) is 10.3. The van der Waals surface area contributed by atoms with Crippen molar-refractivity contribution in [2.24, 2.45) is 5.14 Å². The topological polar surface area (TPSA) is 127 Å². The molecule has 180 valence electrons. The molecule has 2 aromatic rings. The summed E-state index contributed by atoms with van der Waals surface area (Å²) < 4.78 is 56.6. The Bertz CT molecular complexity index is 1240. The van der Waals surface area contributed by atoms with E-state index in [-0.39, 0.29) is 34.4 Å². The van der Waals surface area contributed by atoms with E-state index in [1.54, 1.807) is 38.2 Å². The lowest BCUT2D eigenvalue weighted by Gasteiger charge is -2.28. The average molecular weight is 496 g/mol. The molecule has 2 aromatic carbocycles. The minimum atomic E-state index is -3.88. The molecule has 1 aliphatic heterocycles. The second kappa shape index (κ2) is 9.90. The van der Waals surface area contributed by atoms with E-state index in [4.69, 9.17) is 9.88 Å². The molecule has 0 aromatic heterocycles. The molecule has 0 radical (unpaired) electrons. The summed E-state index contributed by atoms with van der Waals surface area (Å²) in [6.07, 6.45) is 0.500. The molecule has 1 atom stereocenters. The summed E-state index contributed by atoms with van der Waals surface area (Å²) in [4.78, 5) is 14.8. The number of aryl methyl sites for hydroxylation is 1. The molecule has 1 fully saturated rings. The maximum Gasteiger partial charge on any atom is 0.254 e. The Morgan fingerprint density at radius 3 is 2.39 bits per heavy atom. The SMILES string of the molecule is CCc1ccc(C(=O)N(C)C(C)c2cccc(S(N)(=O)=O)c2)cc1S(=O)(=O)N1CCOCC1. The number of hydrogen-bond acceptors (Lipinski definition) is 6. The largest absolute Gasteiger partial charge is 0.379 e. The molecule has 1 heterocycles. The molecule has 1 saturated heterocycles. The molecule has 9 nitrogen and oxygen atoms in total. The summed E-state index contributed by atoms with van der Waals surface area (Å²) >= 11 is 0. The standard InChI is InChI=1S/C22H29N3O6S2/c1-4-17-8-9-19(15-21(17)33(29,30)25-10-12-31-13-11-25)22(26)24(3)16(2)18-6-5-7-20(14-18)32(23,27)28/h5-9,14-16H,4,10-13H2,1-3H3,(H2,23,27,28). The highest BCUT2D eigenvalue weighted by molar-refractivity contribution is 7.89. The molecule has 1 amide bonds. The lowest BCUT2D eigenvalue weighted by Crippen LogP contribution is -2.41. The minimum Gasteiger partial charge on any atom is -0.379 e. The Hall–Kier alpha value is -2.31. The Balaban J connectivity index is 1.93. The van der Waals surface area contributed by atoms with E-state index in [0.717, 1.165) is 0 Å². The van der Waals surface area contributed by atoms with Crippen molar-refractivity contribution in [1.82, 2.24) is 9.21 Å². The highest BCUT2D eigenvalue weighted by Crippen LogP contribution is 2.27. The van der Waals surface area contributed by atoms with Gasteiger partial charge in [0.25, 0.3) is 5.91 Å². The van der Waals surface area contributed by atoms with Crippen LogP contribution >= 0.6 is 0 Å². The van der Waals surface area contributed by atoms with Gasteiger partial charge in [-0.05, 0) is 48.7 Å². The number of carbonyl (C=O) groups excluding carboxylic acids is 1. The molecule has 1 aliphatic rings. The van der Waals surface area contributed by atoms with Gasteiger partial charge in [-0.2, -0.15) is 4.31 Å². The Morgan fingerprint density at radius 1 is 1.12 bits per heavy atom. The molecular formula is C22H29N3O6S2. The first-order valence-electron chi connectivity index (χ1n) is 10.6. The number of sulfonamides is 2. The van der Waals surface area contributed by atoms with E-state index in [1.165, 1.54) is 27.4 Å². The van der Waals surface area contributed by atoms with Gasteiger partial charge in [-0.1, -0.05) is 25.1 Å². The van der Waals surface area contributed by atoms with Crippen LogP contribution in [0, 0.1) is 0 Å². The quantitative estimate of drug-likeness (QED) is 0.623. The van der Waals surface area contributed by atoms with Crippen LogP contribution in [-0.4, -0.2) is 65.3 Å². The van der Waals surface area contributed by atoms with E-state index >= 15 is 0 Å². The maximum absolute atomic E-state index is 13.3. The van der Waals surface area contributed by atoms with Gasteiger partial charge in [0.15, 0.2) is 0 Å². The Morgan fingerprint density at radius 2 is 1.79 bits per heavy atom. The van der Waals surface area contributed by atoms with Crippen LogP contribution in [-0.2, 0) is 31.2 Å². The van der Waals surface area contributed by atoms with Gasteiger partial charge in [-0.25, -0.2) is 22.0 Å². The number of morpholine rings is 1. The van der Waals surface area contributed by atoms with Crippen LogP contribution in [0.3, 0.4) is 0 Å². The van der Waals surface area contributed by atoms with Crippen LogP contribution in [0.2, 0.25) is 0 Å². The number of ether oxygens (including phenoxy) is 1. The van der Waals surface area contributed by atoms with Crippen molar-refractivity contribution in [3.63, 3.8) is 0 Å². The highest BCUT2D eigenvalue weighted by atomic mass is 32.2. The number of benzene rings is 2. The zero-order chi connectivity index (χ0) is 24.4. The summed E-state index contributed by atoms with van der Waals surface area (Å²) in [7, 11) is -6.08. The van der Waals surface area contributed by atoms with Crippen LogP contribution in [0.25, 0.3) is 0 Å². The summed E-state index contributed by atoms with van der Waals surface area (Å²) in [6.45, 7) is 4.81. The fraction of sp³-hybridized carbons (Fsp3) is 0.409. The average Bonchev–Trinajstić information content (AvgIpc) is 2.82. The molecule has 2 N–H and O–H groups in total. The van der Waals surface area contributed by atoms with Crippen molar-refractivity contribution in [3.05, 3.63) is 59.2 Å². The number of rotatable bonds is 7. The van der Waals surface area contributed by atoms with Crippen molar-refractivity contribution < 1.29 is 26.4 Å². The van der Waals surface area contributed by atoms with Gasteiger partial charge in [-0.15, -0.1) is 0 Å². The maximum atomic E-state index is 13.3. The van der Waals surface area contributed by atoms with E-state index in [9.17, 15) is 21.6 Å². The molecule has 0 bridgehead atoms. The van der Waals surface area contributed by atoms with Gasteiger partial charge >= 0.3 is 0 Å². The van der Waals surface area contributed by atoms with Crippen molar-refractivity contribution in [3.8, 4) is 0 Å². The smallest absolute Gasteiger partial charge is 0.254 e. The second-order valence-corrected chi connectivity index (χ2v) is 11.4. The van der Waals surface area contributed by atoms with Gasteiger partial charge < -0.3 is 9.64 Å². The normalized spacial score (nSPS) is 16.4. The van der Waals surface area contributed by atoms with E-state index in [2.05, 4.69) is 0 Å². The highest BCUT2D eigenvalue weighted by Gasteiger charge is 2.30. The first kappa shape index (κ1) is 25.3. The molecular weight excluding hydrogens is 466 g/mol. The number of nitrogens with two attached hydrogens (primary N) is 1. The Kier molecular flexibility index (Phi) is 7.59. The van der Waals surface area contributed by atoms with Crippen molar-refractivity contribution in [2.75, 3.05) is 33.4 Å². The number of nitrogens with zero attached hydrogens (tertiary/aromatic N) is 2. The van der Waals surface area contributed by atoms with E-state index in [0.29, 0.717) is 30.8 Å².